The summed E-state index contributed by atoms with van der Waals surface area (Å²) >= 11 is 0. The van der Waals surface area contributed by atoms with Gasteiger partial charge in [-0.1, -0.05) is 18.2 Å². The Balaban J connectivity index is 1.47. The number of nitrogens with one attached hydrogen (secondary N) is 2. The second-order valence-electron chi connectivity index (χ2n) is 5.31. The molecule has 124 valence electrons. The van der Waals surface area contributed by atoms with E-state index in [1.165, 1.54) is 0 Å². The van der Waals surface area contributed by atoms with Crippen LogP contribution in [0, 0.1) is 0 Å². The van der Waals surface area contributed by atoms with Gasteiger partial charge in [-0.25, -0.2) is 0 Å². The predicted molar refractivity (Wildman–Crippen MR) is 87.8 cm³/mol. The van der Waals surface area contributed by atoms with Crippen molar-refractivity contribution in [3.8, 4) is 5.75 Å². The summed E-state index contributed by atoms with van der Waals surface area (Å²) in [5.74, 6) is 0.387. The van der Waals surface area contributed by atoms with E-state index in [0.717, 1.165) is 11.3 Å². The standard InChI is InChI=1S/C18H18N2O4/c21-17(13-4-2-1-3-5-13)19-8-9-20-18(22)14-6-7-16-15(10-14)11-23-12-24-16/h1-7,10H,8-9,11-12H2,(H,19,21)(H,20,22). The molecule has 1 aliphatic rings. The summed E-state index contributed by atoms with van der Waals surface area (Å²) in [5.41, 5.74) is 1.99. The highest BCUT2D eigenvalue weighted by molar-refractivity contribution is 5.95. The highest BCUT2D eigenvalue weighted by atomic mass is 16.7. The molecule has 2 amide bonds. The fraction of sp³-hybridized carbons (Fsp3) is 0.222. The van der Waals surface area contributed by atoms with Gasteiger partial charge in [0.25, 0.3) is 11.8 Å². The molecular weight excluding hydrogens is 308 g/mol. The molecule has 0 bridgehead atoms. The summed E-state index contributed by atoms with van der Waals surface area (Å²) in [6, 6.07) is 14.2. The van der Waals surface area contributed by atoms with Crippen LogP contribution in [0.5, 0.6) is 5.75 Å². The first-order valence-corrected chi connectivity index (χ1v) is 7.69. The number of amides is 2. The number of fused-ring (bicyclic) bond motifs is 1. The zero-order chi connectivity index (χ0) is 16.8. The van der Waals surface area contributed by atoms with E-state index in [4.69, 9.17) is 9.47 Å². The number of rotatable bonds is 5. The molecular formula is C18H18N2O4. The van der Waals surface area contributed by atoms with Crippen LogP contribution in [0.2, 0.25) is 0 Å². The lowest BCUT2D eigenvalue weighted by Crippen LogP contribution is -2.34. The average molecular weight is 326 g/mol. The molecule has 6 nitrogen and oxygen atoms in total. The van der Waals surface area contributed by atoms with Crippen LogP contribution < -0.4 is 15.4 Å². The SMILES string of the molecule is O=C(NCCNC(=O)c1ccc2c(c1)COCO2)c1ccccc1. The van der Waals surface area contributed by atoms with Gasteiger partial charge in [-0.05, 0) is 30.3 Å². The van der Waals surface area contributed by atoms with Gasteiger partial charge in [-0.15, -0.1) is 0 Å². The van der Waals surface area contributed by atoms with E-state index < -0.39 is 0 Å². The normalized spacial score (nSPS) is 12.7. The third-order valence-electron chi connectivity index (χ3n) is 3.61. The van der Waals surface area contributed by atoms with Crippen molar-refractivity contribution in [1.82, 2.24) is 10.6 Å². The molecule has 0 radical (unpaired) electrons. The predicted octanol–water partition coefficient (Wildman–Crippen LogP) is 1.71. The van der Waals surface area contributed by atoms with Gasteiger partial charge in [-0.3, -0.25) is 9.59 Å². The quantitative estimate of drug-likeness (QED) is 0.820. The second kappa shape index (κ2) is 7.61. The largest absolute Gasteiger partial charge is 0.467 e. The van der Waals surface area contributed by atoms with Gasteiger partial charge in [0.1, 0.15) is 5.75 Å². The molecule has 0 saturated carbocycles. The van der Waals surface area contributed by atoms with Gasteiger partial charge in [-0.2, -0.15) is 0 Å². The van der Waals surface area contributed by atoms with Crippen molar-refractivity contribution in [1.29, 1.82) is 0 Å². The van der Waals surface area contributed by atoms with Crippen LogP contribution in [0.4, 0.5) is 0 Å². The fourth-order valence-corrected chi connectivity index (χ4v) is 2.38. The third-order valence-corrected chi connectivity index (χ3v) is 3.61. The Bertz CT molecular complexity index is 731. The van der Waals surface area contributed by atoms with Crippen molar-refractivity contribution in [3.63, 3.8) is 0 Å². The average Bonchev–Trinajstić information content (AvgIpc) is 2.65. The zero-order valence-electron chi connectivity index (χ0n) is 13.1. The molecule has 6 heteroatoms. The highest BCUT2D eigenvalue weighted by Gasteiger charge is 2.14. The van der Waals surface area contributed by atoms with Crippen molar-refractivity contribution in [2.75, 3.05) is 19.9 Å². The molecule has 0 aromatic heterocycles. The van der Waals surface area contributed by atoms with E-state index >= 15 is 0 Å². The van der Waals surface area contributed by atoms with Crippen LogP contribution in [-0.2, 0) is 11.3 Å². The van der Waals surface area contributed by atoms with E-state index in [9.17, 15) is 9.59 Å². The number of carbonyl (C=O) groups excluding carboxylic acids is 2. The molecule has 0 atom stereocenters. The Kier molecular flexibility index (Phi) is 5.08. The maximum Gasteiger partial charge on any atom is 0.251 e. The minimum atomic E-state index is -0.197. The summed E-state index contributed by atoms with van der Waals surface area (Å²) in [4.78, 5) is 24.0. The molecule has 0 unspecified atom stereocenters. The van der Waals surface area contributed by atoms with Crippen LogP contribution >= 0.6 is 0 Å². The monoisotopic (exact) mass is 326 g/mol. The Morgan fingerprint density at radius 2 is 1.62 bits per heavy atom. The molecule has 3 rings (SSSR count). The maximum absolute atomic E-state index is 12.1. The van der Waals surface area contributed by atoms with E-state index in [1.807, 2.05) is 6.07 Å². The first-order chi connectivity index (χ1) is 11.7. The number of carbonyl (C=O) groups is 2. The molecule has 24 heavy (non-hydrogen) atoms. The molecule has 0 saturated heterocycles. The van der Waals surface area contributed by atoms with Crippen molar-refractivity contribution in [2.45, 2.75) is 6.61 Å². The molecule has 2 aromatic rings. The lowest BCUT2D eigenvalue weighted by atomic mass is 10.1. The van der Waals surface area contributed by atoms with E-state index in [-0.39, 0.29) is 18.6 Å². The Morgan fingerprint density at radius 3 is 2.38 bits per heavy atom. The van der Waals surface area contributed by atoms with Gasteiger partial charge in [0.2, 0.25) is 0 Å². The van der Waals surface area contributed by atoms with Gasteiger partial charge < -0.3 is 20.1 Å². The zero-order valence-corrected chi connectivity index (χ0v) is 13.1. The molecule has 1 aliphatic heterocycles. The van der Waals surface area contributed by atoms with Gasteiger partial charge in [0.15, 0.2) is 6.79 Å². The van der Waals surface area contributed by atoms with Crippen molar-refractivity contribution in [2.24, 2.45) is 0 Å². The molecule has 1 heterocycles. The fourth-order valence-electron chi connectivity index (χ4n) is 2.38. The number of benzene rings is 2. The maximum atomic E-state index is 12.1. The van der Waals surface area contributed by atoms with Crippen LogP contribution in [-0.4, -0.2) is 31.7 Å². The lowest BCUT2D eigenvalue weighted by molar-refractivity contribution is -0.0163. The number of hydrogen-bond donors (Lipinski definition) is 2. The van der Waals surface area contributed by atoms with E-state index in [0.29, 0.717) is 30.8 Å². The Morgan fingerprint density at radius 1 is 0.917 bits per heavy atom. The summed E-state index contributed by atoms with van der Waals surface area (Å²) in [5, 5.41) is 5.54. The van der Waals surface area contributed by atoms with Crippen molar-refractivity contribution >= 4 is 11.8 Å². The number of ether oxygens (including phenoxy) is 2. The summed E-state index contributed by atoms with van der Waals surface area (Å²) in [6.45, 7) is 1.38. The first kappa shape index (κ1) is 16.0. The van der Waals surface area contributed by atoms with E-state index in [2.05, 4.69) is 10.6 Å². The van der Waals surface area contributed by atoms with Crippen LogP contribution in [0.25, 0.3) is 0 Å². The smallest absolute Gasteiger partial charge is 0.251 e. The van der Waals surface area contributed by atoms with Crippen LogP contribution in [0.3, 0.4) is 0 Å². The Hall–Kier alpha value is -2.86. The lowest BCUT2D eigenvalue weighted by Gasteiger charge is -2.18. The minimum Gasteiger partial charge on any atom is -0.467 e. The van der Waals surface area contributed by atoms with E-state index in [1.54, 1.807) is 42.5 Å². The molecule has 0 fully saturated rings. The molecule has 0 aliphatic carbocycles. The van der Waals surface area contributed by atoms with Crippen LogP contribution in [0.1, 0.15) is 26.3 Å². The summed E-state index contributed by atoms with van der Waals surface area (Å²) in [7, 11) is 0. The van der Waals surface area contributed by atoms with Gasteiger partial charge in [0.05, 0.1) is 6.61 Å². The molecule has 2 aromatic carbocycles. The second-order valence-corrected chi connectivity index (χ2v) is 5.31. The van der Waals surface area contributed by atoms with Gasteiger partial charge >= 0.3 is 0 Å². The highest BCUT2D eigenvalue weighted by Crippen LogP contribution is 2.24. The van der Waals surface area contributed by atoms with Crippen LogP contribution in [0.15, 0.2) is 48.5 Å². The topological polar surface area (TPSA) is 76.7 Å². The first-order valence-electron chi connectivity index (χ1n) is 7.69. The van der Waals surface area contributed by atoms with Gasteiger partial charge in [0, 0.05) is 29.8 Å². The van der Waals surface area contributed by atoms with Crippen molar-refractivity contribution < 1.29 is 19.1 Å². The van der Waals surface area contributed by atoms with Crippen molar-refractivity contribution in [3.05, 3.63) is 65.2 Å². The third kappa shape index (κ3) is 3.91. The minimum absolute atomic E-state index is 0.159. The molecule has 0 spiro atoms. The number of hydrogen-bond acceptors (Lipinski definition) is 4. The molecule has 2 N–H and O–H groups in total. The summed E-state index contributed by atoms with van der Waals surface area (Å²) < 4.78 is 10.5. The Labute approximate surface area is 139 Å². The summed E-state index contributed by atoms with van der Waals surface area (Å²) in [6.07, 6.45) is 0.